The van der Waals surface area contributed by atoms with Crippen LogP contribution in [0.25, 0.3) is 0 Å². The van der Waals surface area contributed by atoms with E-state index in [2.05, 4.69) is 24.3 Å². The van der Waals surface area contributed by atoms with Crippen molar-refractivity contribution in [2.75, 3.05) is 0 Å². The fraction of sp³-hybridized carbons (Fsp3) is 0.378. The molecule has 6 atom stereocenters. The Hall–Kier alpha value is -4.72. The van der Waals surface area contributed by atoms with Gasteiger partial charge in [-0.25, -0.2) is 0 Å². The lowest BCUT2D eigenvalue weighted by Gasteiger charge is -2.37. The monoisotopic (exact) mass is 696 g/mol. The van der Waals surface area contributed by atoms with Crippen molar-refractivity contribution in [1.29, 1.82) is 0 Å². The third kappa shape index (κ3) is 6.24. The number of ether oxygens (including phenoxy) is 2. The Morgan fingerprint density at radius 2 is 1.12 bits per heavy atom. The van der Waals surface area contributed by atoms with Gasteiger partial charge in [-0.05, 0) is 80.0 Å². The van der Waals surface area contributed by atoms with Gasteiger partial charge in [-0.1, -0.05) is 109 Å². The van der Waals surface area contributed by atoms with Crippen LogP contribution in [-0.4, -0.2) is 50.4 Å². The normalized spacial score (nSPS) is 24.9. The maximum atomic E-state index is 14.9. The van der Waals surface area contributed by atoms with Gasteiger partial charge in [-0.2, -0.15) is 0 Å². The molecule has 4 aromatic carbocycles. The molecule has 7 heteroatoms. The molecule has 2 aliphatic heterocycles. The van der Waals surface area contributed by atoms with Gasteiger partial charge in [0.15, 0.2) is 0 Å². The van der Waals surface area contributed by atoms with E-state index in [0.717, 1.165) is 35.1 Å². The Balaban J connectivity index is 1.13. The van der Waals surface area contributed by atoms with Gasteiger partial charge < -0.3 is 24.4 Å². The fourth-order valence-corrected chi connectivity index (χ4v) is 9.39. The molecule has 8 rings (SSSR count). The van der Waals surface area contributed by atoms with Crippen LogP contribution in [0.2, 0.25) is 0 Å². The number of hydrogen-bond acceptors (Lipinski definition) is 5. The Kier molecular flexibility index (Phi) is 8.83. The number of carbonyl (C=O) groups is 2. The van der Waals surface area contributed by atoms with Crippen LogP contribution in [0.3, 0.4) is 0 Å². The predicted molar refractivity (Wildman–Crippen MR) is 200 cm³/mol. The average molecular weight is 697 g/mol. The summed E-state index contributed by atoms with van der Waals surface area (Å²) >= 11 is 0. The quantitative estimate of drug-likeness (QED) is 0.179. The summed E-state index contributed by atoms with van der Waals surface area (Å²) in [7, 11) is 0. The summed E-state index contributed by atoms with van der Waals surface area (Å²) in [5.41, 5.74) is 4.99. The van der Waals surface area contributed by atoms with E-state index in [-0.39, 0.29) is 48.3 Å². The minimum atomic E-state index is -0.834. The zero-order chi connectivity index (χ0) is 36.2. The highest BCUT2D eigenvalue weighted by Crippen LogP contribution is 2.50. The molecule has 0 saturated carbocycles. The number of fused-ring (bicyclic) bond motifs is 6. The van der Waals surface area contributed by atoms with Gasteiger partial charge in [0.05, 0.1) is 36.0 Å². The zero-order valence-corrected chi connectivity index (χ0v) is 30.4. The number of aliphatic hydroxyl groups is 1. The number of benzene rings is 4. The molecule has 268 valence electrons. The van der Waals surface area contributed by atoms with Crippen molar-refractivity contribution < 1.29 is 24.2 Å². The van der Waals surface area contributed by atoms with Gasteiger partial charge in [-0.3, -0.25) is 9.59 Å². The molecule has 0 radical (unpaired) electrons. The Morgan fingerprint density at radius 3 is 1.63 bits per heavy atom. The smallest absolute Gasteiger partial charge is 0.232 e. The Labute approximate surface area is 306 Å². The molecule has 0 aromatic heterocycles. The number of allylic oxidation sites excluding steroid dienone is 1. The summed E-state index contributed by atoms with van der Waals surface area (Å²) in [6, 6.07) is 36.0. The molecule has 2 heterocycles. The molecule has 2 unspecified atom stereocenters. The lowest BCUT2D eigenvalue weighted by atomic mass is 9.89. The minimum absolute atomic E-state index is 0.0335. The van der Waals surface area contributed by atoms with Crippen molar-refractivity contribution >= 4 is 11.8 Å². The first-order valence-corrected chi connectivity index (χ1v) is 18.7. The molecular weight excluding hydrogens is 649 g/mol. The number of rotatable bonds is 9. The lowest BCUT2D eigenvalue weighted by Crippen LogP contribution is -2.48. The molecule has 4 aromatic rings. The lowest BCUT2D eigenvalue weighted by molar-refractivity contribution is -0.152. The highest BCUT2D eigenvalue weighted by atomic mass is 16.5. The maximum absolute atomic E-state index is 14.9. The largest absolute Gasteiger partial charge is 0.513 e. The van der Waals surface area contributed by atoms with Gasteiger partial charge in [0.1, 0.15) is 11.4 Å². The molecule has 2 saturated heterocycles. The number of amides is 2. The summed E-state index contributed by atoms with van der Waals surface area (Å²) in [4.78, 5) is 33.6. The third-order valence-electron chi connectivity index (χ3n) is 11.5. The number of nitrogens with zero attached hydrogens (tertiary/aromatic N) is 2. The molecule has 2 aliphatic carbocycles. The van der Waals surface area contributed by atoms with Crippen LogP contribution in [0.4, 0.5) is 0 Å². The van der Waals surface area contributed by atoms with E-state index in [1.165, 1.54) is 11.1 Å². The van der Waals surface area contributed by atoms with Crippen molar-refractivity contribution in [3.05, 3.63) is 154 Å². The van der Waals surface area contributed by atoms with Crippen LogP contribution in [0.5, 0.6) is 0 Å². The first-order valence-electron chi connectivity index (χ1n) is 18.7. The molecule has 4 aliphatic rings. The Bertz CT molecular complexity index is 1990. The first-order chi connectivity index (χ1) is 25.0. The Morgan fingerprint density at radius 1 is 0.673 bits per heavy atom. The van der Waals surface area contributed by atoms with E-state index in [4.69, 9.17) is 9.47 Å². The number of aliphatic hydroxyl groups excluding tert-OH is 1. The molecule has 0 bridgehead atoms. The topological polar surface area (TPSA) is 79.3 Å². The summed E-state index contributed by atoms with van der Waals surface area (Å²) in [5, 5.41) is 11.9. The molecular formula is C45H48N2O5. The van der Waals surface area contributed by atoms with Gasteiger partial charge in [0.2, 0.25) is 11.8 Å². The second-order valence-electron chi connectivity index (χ2n) is 15.9. The van der Waals surface area contributed by atoms with Crippen molar-refractivity contribution in [1.82, 2.24) is 9.80 Å². The molecule has 7 nitrogen and oxygen atoms in total. The van der Waals surface area contributed by atoms with Crippen LogP contribution in [0.1, 0.15) is 79.6 Å². The van der Waals surface area contributed by atoms with Gasteiger partial charge >= 0.3 is 0 Å². The van der Waals surface area contributed by atoms with Crippen molar-refractivity contribution in [3.8, 4) is 0 Å². The SMILES string of the molecule is CC1(C)O[C@@H]2Cc3ccccc3[C@@H]2N1C(=O)C(/C=C(\O)CC(Cc1ccccc1)C(=O)N1[C@H]2c3ccccc3C[C@H]2OC1(C)C)Cc1ccccc1. The summed E-state index contributed by atoms with van der Waals surface area (Å²) in [5.74, 6) is -1.40. The molecule has 2 fully saturated rings. The number of carbonyl (C=O) groups excluding carboxylic acids is 2. The highest BCUT2D eigenvalue weighted by molar-refractivity contribution is 5.83. The third-order valence-corrected chi connectivity index (χ3v) is 11.5. The van der Waals surface area contributed by atoms with E-state index in [0.29, 0.717) is 12.8 Å². The summed E-state index contributed by atoms with van der Waals surface area (Å²) in [6.07, 6.45) is 3.89. The minimum Gasteiger partial charge on any atom is -0.513 e. The van der Waals surface area contributed by atoms with Gasteiger partial charge in [0, 0.05) is 25.2 Å². The van der Waals surface area contributed by atoms with Crippen LogP contribution < -0.4 is 0 Å². The van der Waals surface area contributed by atoms with Crippen molar-refractivity contribution in [2.24, 2.45) is 11.8 Å². The summed E-state index contributed by atoms with van der Waals surface area (Å²) in [6.45, 7) is 7.84. The highest BCUT2D eigenvalue weighted by Gasteiger charge is 2.56. The molecule has 0 spiro atoms. The van der Waals surface area contributed by atoms with Gasteiger partial charge in [-0.15, -0.1) is 0 Å². The van der Waals surface area contributed by atoms with E-state index < -0.39 is 23.3 Å². The zero-order valence-electron chi connectivity index (χ0n) is 30.4. The van der Waals surface area contributed by atoms with Crippen LogP contribution in [0, 0.1) is 11.8 Å². The average Bonchev–Trinajstić information content (AvgIpc) is 3.80. The van der Waals surface area contributed by atoms with Crippen LogP contribution >= 0.6 is 0 Å². The maximum Gasteiger partial charge on any atom is 0.232 e. The molecule has 52 heavy (non-hydrogen) atoms. The van der Waals surface area contributed by atoms with E-state index in [9.17, 15) is 14.7 Å². The summed E-state index contributed by atoms with van der Waals surface area (Å²) < 4.78 is 13.1. The van der Waals surface area contributed by atoms with E-state index in [1.807, 2.05) is 122 Å². The van der Waals surface area contributed by atoms with Crippen LogP contribution in [-0.2, 0) is 44.7 Å². The van der Waals surface area contributed by atoms with E-state index >= 15 is 0 Å². The number of hydrogen-bond donors (Lipinski definition) is 1. The predicted octanol–water partition coefficient (Wildman–Crippen LogP) is 8.06. The first kappa shape index (κ1) is 34.4. The van der Waals surface area contributed by atoms with E-state index in [1.54, 1.807) is 6.08 Å². The second-order valence-corrected chi connectivity index (χ2v) is 15.9. The standard InChI is InChI=1S/C45H48N2O5/c1-44(2)46(40-36-21-13-11-19-31(36)27-38(40)51-44)42(49)33(23-29-15-7-5-8-16-29)25-35(48)26-34(24-30-17-9-6-10-18-30)43(50)47-41-37-22-14-12-20-32(37)28-39(41)52-45(47,3)4/h5-22,25,33-34,38-41,48H,23-24,26-28H2,1-4H3/b35-25-/t33?,34?,38-,39-,40+,41+/m1/s1. The molecule has 2 amide bonds. The molecule has 1 N–H and O–H groups in total. The van der Waals surface area contributed by atoms with Crippen LogP contribution in [0.15, 0.2) is 121 Å². The van der Waals surface area contributed by atoms with Crippen molar-refractivity contribution in [2.45, 2.75) is 95.5 Å². The van der Waals surface area contributed by atoms with Gasteiger partial charge in [0.25, 0.3) is 0 Å². The fourth-order valence-electron chi connectivity index (χ4n) is 9.39. The second kappa shape index (κ2) is 13.4. The van der Waals surface area contributed by atoms with Crippen molar-refractivity contribution in [3.63, 3.8) is 0 Å².